The number of hydrogen-bond acceptors (Lipinski definition) is 5. The number of aromatic nitrogens is 3. The molecule has 0 fully saturated rings. The van der Waals surface area contributed by atoms with Crippen LogP contribution in [0.25, 0.3) is 21.5 Å². The lowest BCUT2D eigenvalue weighted by atomic mass is 10.1. The van der Waals surface area contributed by atoms with E-state index in [1.165, 1.54) is 32.9 Å². The summed E-state index contributed by atoms with van der Waals surface area (Å²) >= 11 is 2.28. The normalized spacial score (nSPS) is 12.6. The summed E-state index contributed by atoms with van der Waals surface area (Å²) in [5.74, 6) is -2.00. The highest BCUT2D eigenvalue weighted by Crippen LogP contribution is 2.33. The number of rotatable bonds is 4. The summed E-state index contributed by atoms with van der Waals surface area (Å²) in [5.41, 5.74) is -1.43. The first kappa shape index (κ1) is 25.8. The lowest BCUT2D eigenvalue weighted by Gasteiger charge is -2.09. The van der Waals surface area contributed by atoms with Gasteiger partial charge in [-0.25, -0.2) is 9.18 Å². The van der Waals surface area contributed by atoms with Crippen molar-refractivity contribution < 1.29 is 22.4 Å². The van der Waals surface area contributed by atoms with Gasteiger partial charge in [0.1, 0.15) is 10.6 Å². The van der Waals surface area contributed by atoms with Crippen molar-refractivity contribution in [3.05, 3.63) is 78.1 Å². The van der Waals surface area contributed by atoms with Crippen LogP contribution in [0.4, 0.5) is 17.6 Å². The quantitative estimate of drug-likeness (QED) is 0.370. The van der Waals surface area contributed by atoms with Gasteiger partial charge in [-0.3, -0.25) is 18.7 Å². The largest absolute Gasteiger partial charge is 0.419 e. The molecule has 1 radical (unpaired) electrons. The molecule has 0 aliphatic rings. The minimum absolute atomic E-state index is 0.141. The number of halogens is 4. The van der Waals surface area contributed by atoms with Crippen molar-refractivity contribution in [2.75, 3.05) is 0 Å². The minimum atomic E-state index is -4.82. The molecule has 0 bridgehead atoms. The molecule has 7 nitrogen and oxygen atoms in total. The molecule has 36 heavy (non-hydrogen) atoms. The number of hydrogen-bond donors (Lipinski definition) is 0. The third-order valence-electron chi connectivity index (χ3n) is 5.71. The zero-order valence-corrected chi connectivity index (χ0v) is 20.9. The van der Waals surface area contributed by atoms with E-state index in [1.54, 1.807) is 7.05 Å². The highest BCUT2D eigenvalue weighted by molar-refractivity contribution is 7.18. The zero-order chi connectivity index (χ0) is 26.5. The minimum Gasteiger partial charge on any atom is -0.315 e. The van der Waals surface area contributed by atoms with Crippen LogP contribution in [-0.2, 0) is 37.9 Å². The zero-order valence-electron chi connectivity index (χ0n) is 19.3. The van der Waals surface area contributed by atoms with Crippen molar-refractivity contribution in [1.82, 2.24) is 13.7 Å². The topological polar surface area (TPSA) is 78.4 Å². The smallest absolute Gasteiger partial charge is 0.315 e. The van der Waals surface area contributed by atoms with Crippen molar-refractivity contribution >= 4 is 38.8 Å². The SMILES string of the molecule is [CH2]n1c(-c2ccc(C(F)(F)F)c(F)c2)csc1=NC(=O)Cc1c(CC)sc2c1c(=O)n(C)c(=O)n2C. The Bertz CT molecular complexity index is 1700. The molecule has 189 valence electrons. The lowest BCUT2D eigenvalue weighted by molar-refractivity contribution is -0.140. The maximum absolute atomic E-state index is 14.0. The summed E-state index contributed by atoms with van der Waals surface area (Å²) in [7, 11) is 6.71. The van der Waals surface area contributed by atoms with Crippen LogP contribution in [0.3, 0.4) is 0 Å². The van der Waals surface area contributed by atoms with E-state index in [1.807, 2.05) is 6.92 Å². The summed E-state index contributed by atoms with van der Waals surface area (Å²) < 4.78 is 56.2. The maximum Gasteiger partial charge on any atom is 0.419 e. The summed E-state index contributed by atoms with van der Waals surface area (Å²) in [4.78, 5) is 43.5. The Kier molecular flexibility index (Phi) is 6.64. The molecule has 0 atom stereocenters. The van der Waals surface area contributed by atoms with Crippen LogP contribution >= 0.6 is 22.7 Å². The third kappa shape index (κ3) is 4.37. The molecule has 1 aromatic carbocycles. The number of amides is 1. The van der Waals surface area contributed by atoms with Gasteiger partial charge in [-0.15, -0.1) is 22.7 Å². The number of alkyl halides is 3. The van der Waals surface area contributed by atoms with Crippen LogP contribution in [0.1, 0.15) is 22.9 Å². The van der Waals surface area contributed by atoms with Gasteiger partial charge < -0.3 is 4.57 Å². The number of thiazole rings is 1. The fraction of sp³-hybridized carbons (Fsp3) is 0.261. The fourth-order valence-electron chi connectivity index (χ4n) is 3.84. The first-order valence-corrected chi connectivity index (χ1v) is 12.2. The first-order chi connectivity index (χ1) is 16.8. The molecule has 1 amide bonds. The number of carbonyl (C=O) groups excluding carboxylic acids is 1. The van der Waals surface area contributed by atoms with Crippen molar-refractivity contribution in [2.24, 2.45) is 19.1 Å². The van der Waals surface area contributed by atoms with Crippen LogP contribution in [0.5, 0.6) is 0 Å². The summed E-state index contributed by atoms with van der Waals surface area (Å²) in [6.07, 6.45) is -4.48. The Balaban J connectivity index is 1.73. The second-order valence-corrected chi connectivity index (χ2v) is 9.87. The molecule has 0 saturated carbocycles. The number of thiophene rings is 1. The first-order valence-electron chi connectivity index (χ1n) is 10.5. The molecule has 0 spiro atoms. The molecule has 0 N–H and O–H groups in total. The Morgan fingerprint density at radius 2 is 1.86 bits per heavy atom. The van der Waals surface area contributed by atoms with Crippen molar-refractivity contribution in [2.45, 2.75) is 25.9 Å². The van der Waals surface area contributed by atoms with Gasteiger partial charge in [0.25, 0.3) is 11.5 Å². The molecular formula is C23H19F4N4O3S2. The van der Waals surface area contributed by atoms with Crippen molar-refractivity contribution in [1.29, 1.82) is 0 Å². The Hall–Kier alpha value is -3.32. The van der Waals surface area contributed by atoms with E-state index >= 15 is 0 Å². The highest BCUT2D eigenvalue weighted by Gasteiger charge is 2.34. The van der Waals surface area contributed by atoms with Gasteiger partial charge in [0.05, 0.1) is 23.1 Å². The molecule has 0 aliphatic carbocycles. The summed E-state index contributed by atoms with van der Waals surface area (Å²) in [6.45, 7) is 1.87. The van der Waals surface area contributed by atoms with E-state index in [4.69, 9.17) is 0 Å². The molecule has 0 saturated heterocycles. The number of carbonyl (C=O) groups is 1. The van der Waals surface area contributed by atoms with Crippen LogP contribution < -0.4 is 16.1 Å². The maximum atomic E-state index is 14.0. The molecule has 3 heterocycles. The van der Waals surface area contributed by atoms with Gasteiger partial charge in [-0.1, -0.05) is 13.0 Å². The van der Waals surface area contributed by atoms with E-state index < -0.39 is 34.7 Å². The molecule has 4 aromatic rings. The highest BCUT2D eigenvalue weighted by atomic mass is 32.1. The van der Waals surface area contributed by atoms with Crippen molar-refractivity contribution in [3.63, 3.8) is 0 Å². The van der Waals surface area contributed by atoms with Gasteiger partial charge in [-0.05, 0) is 24.1 Å². The van der Waals surface area contributed by atoms with E-state index in [2.05, 4.69) is 12.0 Å². The van der Waals surface area contributed by atoms with Crippen LogP contribution in [0.2, 0.25) is 0 Å². The molecule has 4 rings (SSSR count). The Morgan fingerprint density at radius 3 is 2.47 bits per heavy atom. The number of fused-ring (bicyclic) bond motifs is 1. The van der Waals surface area contributed by atoms with Gasteiger partial charge in [0.2, 0.25) is 0 Å². The van der Waals surface area contributed by atoms with Crippen LogP contribution in [0.15, 0.2) is 38.2 Å². The van der Waals surface area contributed by atoms with Gasteiger partial charge >= 0.3 is 11.9 Å². The average molecular weight is 540 g/mol. The van der Waals surface area contributed by atoms with Crippen molar-refractivity contribution in [3.8, 4) is 11.3 Å². The summed E-state index contributed by atoms with van der Waals surface area (Å²) in [6, 6.07) is 2.52. The second-order valence-electron chi connectivity index (χ2n) is 7.95. The third-order valence-corrected chi connectivity index (χ3v) is 8.02. The van der Waals surface area contributed by atoms with Gasteiger partial charge in [0, 0.05) is 37.0 Å². The molecule has 13 heteroatoms. The van der Waals surface area contributed by atoms with Gasteiger partial charge in [-0.2, -0.15) is 18.2 Å². The predicted molar refractivity (Wildman–Crippen MR) is 129 cm³/mol. The van der Waals surface area contributed by atoms with Crippen LogP contribution in [0, 0.1) is 12.9 Å². The number of nitrogens with zero attached hydrogens (tertiary/aromatic N) is 4. The van der Waals surface area contributed by atoms with E-state index in [-0.39, 0.29) is 22.5 Å². The summed E-state index contributed by atoms with van der Waals surface area (Å²) in [5, 5.41) is 1.80. The molecule has 3 aromatic heterocycles. The van der Waals surface area contributed by atoms with E-state index in [0.29, 0.717) is 28.3 Å². The number of aryl methyl sites for hydroxylation is 2. The standard InChI is InChI=1S/C23H19F4N4O3S2/c1-5-16-12(18-19(33)30(3)22(34)31(4)20(18)36-16)9-17(32)28-21-29(2)15(10-35-21)11-6-7-13(14(24)8-11)23(25,26)27/h6-8,10H,2,5,9H2,1,3-4H3. The Morgan fingerprint density at radius 1 is 1.17 bits per heavy atom. The van der Waals surface area contributed by atoms with E-state index in [9.17, 15) is 31.9 Å². The van der Waals surface area contributed by atoms with Gasteiger partial charge in [0.15, 0.2) is 4.80 Å². The monoisotopic (exact) mass is 539 g/mol. The average Bonchev–Trinajstić information content (AvgIpc) is 3.35. The molecule has 0 aliphatic heterocycles. The molecular weight excluding hydrogens is 520 g/mol. The number of benzene rings is 1. The fourth-order valence-corrected chi connectivity index (χ4v) is 5.91. The Labute approximate surface area is 209 Å². The predicted octanol–water partition coefficient (Wildman–Crippen LogP) is 3.86. The second kappa shape index (κ2) is 9.28. The van der Waals surface area contributed by atoms with Crippen LogP contribution in [-0.4, -0.2) is 19.6 Å². The van der Waals surface area contributed by atoms with E-state index in [0.717, 1.165) is 32.9 Å². The lowest BCUT2D eigenvalue weighted by Crippen LogP contribution is -2.36. The molecule has 0 unspecified atom stereocenters.